The van der Waals surface area contributed by atoms with Crippen molar-refractivity contribution in [2.45, 2.75) is 32.0 Å². The van der Waals surface area contributed by atoms with Gasteiger partial charge >= 0.3 is 0 Å². The van der Waals surface area contributed by atoms with Crippen molar-refractivity contribution in [1.82, 2.24) is 10.2 Å². The van der Waals surface area contributed by atoms with Gasteiger partial charge in [0.2, 0.25) is 0 Å². The second-order valence-electron chi connectivity index (χ2n) is 3.35. The Morgan fingerprint density at radius 1 is 1.54 bits per heavy atom. The summed E-state index contributed by atoms with van der Waals surface area (Å²) in [6.07, 6.45) is 5.81. The Bertz CT molecular complexity index is 286. The van der Waals surface area contributed by atoms with Gasteiger partial charge in [-0.15, -0.1) is 5.10 Å². The molecule has 13 heavy (non-hydrogen) atoms. The van der Waals surface area contributed by atoms with E-state index in [9.17, 15) is 0 Å². The van der Waals surface area contributed by atoms with Crippen LogP contribution in [0, 0.1) is 0 Å². The normalized spacial score (nSPS) is 16.9. The molecule has 0 saturated heterocycles. The molecule has 1 aliphatic rings. The van der Waals surface area contributed by atoms with Gasteiger partial charge in [0, 0.05) is 5.56 Å². The molecule has 0 aromatic carbocycles. The standard InChI is InChI=1S/C9H13N3O/c10-9-4-7(5-11-12-9)6-13-8-2-1-3-8/h4-5,8H,1-3,6H2,(H2,10,12). The van der Waals surface area contributed by atoms with Gasteiger partial charge in [-0.2, -0.15) is 5.10 Å². The summed E-state index contributed by atoms with van der Waals surface area (Å²) in [5.74, 6) is 0.453. The van der Waals surface area contributed by atoms with E-state index in [4.69, 9.17) is 10.5 Å². The highest BCUT2D eigenvalue weighted by Gasteiger charge is 2.17. The SMILES string of the molecule is Nc1cc(COC2CCC2)cnn1. The minimum absolute atomic E-state index is 0.453. The third kappa shape index (κ3) is 2.15. The fraction of sp³-hybridized carbons (Fsp3) is 0.556. The average molecular weight is 179 g/mol. The lowest BCUT2D eigenvalue weighted by Crippen LogP contribution is -2.21. The molecule has 70 valence electrons. The summed E-state index contributed by atoms with van der Waals surface area (Å²) in [5.41, 5.74) is 6.48. The summed E-state index contributed by atoms with van der Waals surface area (Å²) in [4.78, 5) is 0. The van der Waals surface area contributed by atoms with Gasteiger partial charge < -0.3 is 10.5 Å². The van der Waals surface area contributed by atoms with E-state index in [0.29, 0.717) is 18.5 Å². The van der Waals surface area contributed by atoms with E-state index in [1.165, 1.54) is 19.3 Å². The largest absolute Gasteiger partial charge is 0.382 e. The topological polar surface area (TPSA) is 61.0 Å². The molecule has 0 aliphatic heterocycles. The fourth-order valence-corrected chi connectivity index (χ4v) is 1.26. The third-order valence-electron chi connectivity index (χ3n) is 2.27. The molecule has 0 atom stereocenters. The summed E-state index contributed by atoms with van der Waals surface area (Å²) in [6.45, 7) is 0.602. The molecule has 1 saturated carbocycles. The van der Waals surface area contributed by atoms with Crippen LogP contribution in [0.25, 0.3) is 0 Å². The van der Waals surface area contributed by atoms with Gasteiger partial charge in [0.25, 0.3) is 0 Å². The third-order valence-corrected chi connectivity index (χ3v) is 2.27. The summed E-state index contributed by atoms with van der Waals surface area (Å²) in [6, 6.07) is 1.80. The monoisotopic (exact) mass is 179 g/mol. The summed E-state index contributed by atoms with van der Waals surface area (Å²) in [5, 5.41) is 7.42. The molecule has 1 aliphatic carbocycles. The van der Waals surface area contributed by atoms with Crippen molar-refractivity contribution in [3.8, 4) is 0 Å². The lowest BCUT2D eigenvalue weighted by molar-refractivity contribution is -0.00879. The summed E-state index contributed by atoms with van der Waals surface area (Å²) >= 11 is 0. The lowest BCUT2D eigenvalue weighted by atomic mass is 9.96. The maximum Gasteiger partial charge on any atom is 0.146 e. The Labute approximate surface area is 77.1 Å². The molecule has 0 spiro atoms. The molecular formula is C9H13N3O. The Morgan fingerprint density at radius 3 is 3.00 bits per heavy atom. The minimum Gasteiger partial charge on any atom is -0.382 e. The number of rotatable bonds is 3. The Kier molecular flexibility index (Phi) is 2.40. The Hall–Kier alpha value is -1.16. The number of nitrogen functional groups attached to an aromatic ring is 1. The molecule has 4 heteroatoms. The van der Waals surface area contributed by atoms with Crippen LogP contribution in [0.2, 0.25) is 0 Å². The zero-order chi connectivity index (χ0) is 9.10. The van der Waals surface area contributed by atoms with E-state index in [-0.39, 0.29) is 0 Å². The molecule has 0 unspecified atom stereocenters. The number of hydrogen-bond donors (Lipinski definition) is 1. The van der Waals surface area contributed by atoms with Crippen LogP contribution in [-0.2, 0) is 11.3 Å². The highest BCUT2D eigenvalue weighted by Crippen LogP contribution is 2.22. The zero-order valence-corrected chi connectivity index (χ0v) is 7.44. The van der Waals surface area contributed by atoms with Crippen LogP contribution in [0.4, 0.5) is 5.82 Å². The van der Waals surface area contributed by atoms with Crippen LogP contribution in [-0.4, -0.2) is 16.3 Å². The summed E-state index contributed by atoms with van der Waals surface area (Å²) < 4.78 is 5.60. The first kappa shape index (κ1) is 8.44. The number of ether oxygens (including phenoxy) is 1. The molecular weight excluding hydrogens is 166 g/mol. The van der Waals surface area contributed by atoms with Gasteiger partial charge in [0.1, 0.15) is 5.82 Å². The molecule has 1 fully saturated rings. The highest BCUT2D eigenvalue weighted by molar-refractivity contribution is 5.28. The molecule has 2 N–H and O–H groups in total. The van der Waals surface area contributed by atoms with Gasteiger partial charge in [-0.1, -0.05) is 0 Å². The quantitative estimate of drug-likeness (QED) is 0.755. The van der Waals surface area contributed by atoms with Crippen LogP contribution >= 0.6 is 0 Å². The molecule has 1 aromatic heterocycles. The molecule has 2 rings (SSSR count). The minimum atomic E-state index is 0.453. The predicted molar refractivity (Wildman–Crippen MR) is 48.9 cm³/mol. The van der Waals surface area contributed by atoms with Crippen molar-refractivity contribution in [1.29, 1.82) is 0 Å². The number of nitrogens with two attached hydrogens (primary N) is 1. The van der Waals surface area contributed by atoms with Crippen LogP contribution < -0.4 is 5.73 Å². The van der Waals surface area contributed by atoms with Gasteiger partial charge in [-0.3, -0.25) is 0 Å². The van der Waals surface area contributed by atoms with Crippen molar-refractivity contribution in [2.75, 3.05) is 5.73 Å². The first-order valence-corrected chi connectivity index (χ1v) is 4.53. The average Bonchev–Trinajstić information content (AvgIpc) is 2.01. The van der Waals surface area contributed by atoms with Crippen LogP contribution in [0.5, 0.6) is 0 Å². The predicted octanol–water partition coefficient (Wildman–Crippen LogP) is 1.13. The second kappa shape index (κ2) is 3.70. The number of nitrogens with zero attached hydrogens (tertiary/aromatic N) is 2. The zero-order valence-electron chi connectivity index (χ0n) is 7.44. The second-order valence-corrected chi connectivity index (χ2v) is 3.35. The highest BCUT2D eigenvalue weighted by atomic mass is 16.5. The molecule has 0 radical (unpaired) electrons. The molecule has 0 bridgehead atoms. The van der Waals surface area contributed by atoms with E-state index in [2.05, 4.69) is 10.2 Å². The number of hydrogen-bond acceptors (Lipinski definition) is 4. The maximum absolute atomic E-state index is 5.60. The van der Waals surface area contributed by atoms with E-state index >= 15 is 0 Å². The molecule has 0 amide bonds. The summed E-state index contributed by atoms with van der Waals surface area (Å²) in [7, 11) is 0. The smallest absolute Gasteiger partial charge is 0.146 e. The lowest BCUT2D eigenvalue weighted by Gasteiger charge is -2.25. The van der Waals surface area contributed by atoms with Crippen LogP contribution in [0.3, 0.4) is 0 Å². The molecule has 1 aromatic rings. The number of aromatic nitrogens is 2. The van der Waals surface area contributed by atoms with E-state index in [0.717, 1.165) is 5.56 Å². The molecule has 4 nitrogen and oxygen atoms in total. The Morgan fingerprint density at radius 2 is 2.38 bits per heavy atom. The van der Waals surface area contributed by atoms with Gasteiger partial charge in [0.05, 0.1) is 18.9 Å². The van der Waals surface area contributed by atoms with Crippen molar-refractivity contribution >= 4 is 5.82 Å². The number of anilines is 1. The maximum atomic E-state index is 5.60. The van der Waals surface area contributed by atoms with E-state index < -0.39 is 0 Å². The van der Waals surface area contributed by atoms with Crippen LogP contribution in [0.15, 0.2) is 12.3 Å². The van der Waals surface area contributed by atoms with Crippen LogP contribution in [0.1, 0.15) is 24.8 Å². The van der Waals surface area contributed by atoms with Crippen molar-refractivity contribution in [2.24, 2.45) is 0 Å². The fourth-order valence-electron chi connectivity index (χ4n) is 1.26. The Balaban J connectivity index is 1.86. The van der Waals surface area contributed by atoms with Gasteiger partial charge in [-0.25, -0.2) is 0 Å². The van der Waals surface area contributed by atoms with Crippen molar-refractivity contribution in [3.63, 3.8) is 0 Å². The molecule has 1 heterocycles. The van der Waals surface area contributed by atoms with E-state index in [1.54, 1.807) is 12.3 Å². The van der Waals surface area contributed by atoms with Crippen molar-refractivity contribution < 1.29 is 4.74 Å². The van der Waals surface area contributed by atoms with Gasteiger partial charge in [-0.05, 0) is 25.3 Å². The first-order valence-electron chi connectivity index (χ1n) is 4.53. The van der Waals surface area contributed by atoms with E-state index in [1.807, 2.05) is 0 Å². The van der Waals surface area contributed by atoms with Crippen molar-refractivity contribution in [3.05, 3.63) is 17.8 Å². The van der Waals surface area contributed by atoms with Gasteiger partial charge in [0.15, 0.2) is 0 Å². The first-order chi connectivity index (χ1) is 6.34.